The minimum Gasteiger partial charge on any atom is -1.00 e. The average Bonchev–Trinajstić information content (AvgIpc) is 2.45. The average molecular weight is 310 g/mol. The van der Waals surface area contributed by atoms with Crippen molar-refractivity contribution in [1.29, 1.82) is 0 Å². The fourth-order valence-electron chi connectivity index (χ4n) is 1.56. The molecule has 0 atom stereocenters. The van der Waals surface area contributed by atoms with Crippen LogP contribution in [0.5, 0.6) is 5.75 Å². The molecule has 1 aromatic carbocycles. The SMILES string of the molecule is COc1ccc(C(=O)C=C[n+]2cccc(Cl)c2)cc1.[Cl-]. The molecule has 20 heavy (non-hydrogen) atoms. The topological polar surface area (TPSA) is 30.2 Å². The molecule has 0 spiro atoms. The molecule has 0 fully saturated rings. The van der Waals surface area contributed by atoms with Gasteiger partial charge in [0.15, 0.2) is 24.4 Å². The number of methoxy groups -OCH3 is 1. The summed E-state index contributed by atoms with van der Waals surface area (Å²) in [4.78, 5) is 11.9. The maximum atomic E-state index is 11.9. The minimum atomic E-state index is -0.0740. The van der Waals surface area contributed by atoms with E-state index in [1.165, 1.54) is 6.08 Å². The number of pyridine rings is 1. The number of carbonyl (C=O) groups is 1. The maximum Gasteiger partial charge on any atom is 0.193 e. The second-order valence-corrected chi connectivity index (χ2v) is 4.31. The fourth-order valence-corrected chi connectivity index (χ4v) is 1.75. The van der Waals surface area contributed by atoms with Crippen molar-refractivity contribution in [3.63, 3.8) is 0 Å². The van der Waals surface area contributed by atoms with E-state index in [4.69, 9.17) is 16.3 Å². The molecule has 1 heterocycles. The molecule has 0 aliphatic carbocycles. The lowest BCUT2D eigenvalue weighted by Gasteiger charge is -1.99. The Balaban J connectivity index is 0.00000200. The molecular weight excluding hydrogens is 297 g/mol. The number of ketones is 1. The molecule has 2 rings (SSSR count). The lowest BCUT2D eigenvalue weighted by molar-refractivity contribution is -0.568. The molecular formula is C15H13Cl2NO2. The lowest BCUT2D eigenvalue weighted by atomic mass is 10.1. The van der Waals surface area contributed by atoms with Crippen LogP contribution in [0.15, 0.2) is 54.9 Å². The van der Waals surface area contributed by atoms with Crippen LogP contribution in [0.3, 0.4) is 0 Å². The molecule has 1 aromatic heterocycles. The molecule has 0 radical (unpaired) electrons. The zero-order valence-electron chi connectivity index (χ0n) is 10.8. The molecule has 0 N–H and O–H groups in total. The molecule has 104 valence electrons. The number of benzene rings is 1. The lowest BCUT2D eigenvalue weighted by Crippen LogP contribution is -3.00. The van der Waals surface area contributed by atoms with Gasteiger partial charge in [-0.15, -0.1) is 0 Å². The molecule has 0 aliphatic heterocycles. The van der Waals surface area contributed by atoms with Gasteiger partial charge in [0.25, 0.3) is 0 Å². The summed E-state index contributed by atoms with van der Waals surface area (Å²) in [7, 11) is 1.59. The Labute approximate surface area is 128 Å². The van der Waals surface area contributed by atoms with E-state index in [2.05, 4.69) is 0 Å². The maximum absolute atomic E-state index is 11.9. The Bertz CT molecular complexity index is 610. The highest BCUT2D eigenvalue weighted by Gasteiger charge is 2.04. The van der Waals surface area contributed by atoms with Gasteiger partial charge in [0, 0.05) is 11.6 Å². The summed E-state index contributed by atoms with van der Waals surface area (Å²) in [5.41, 5.74) is 0.611. The number of ether oxygens (including phenoxy) is 1. The van der Waals surface area contributed by atoms with E-state index in [1.54, 1.807) is 54.4 Å². The Morgan fingerprint density at radius 2 is 1.95 bits per heavy atom. The third kappa shape index (κ3) is 4.37. The van der Waals surface area contributed by atoms with E-state index in [0.29, 0.717) is 10.6 Å². The second kappa shape index (κ2) is 7.68. The van der Waals surface area contributed by atoms with Gasteiger partial charge >= 0.3 is 0 Å². The largest absolute Gasteiger partial charge is 1.00 e. The predicted octanol–water partition coefficient (Wildman–Crippen LogP) is -0.00630. The van der Waals surface area contributed by atoms with Crippen LogP contribution in [-0.4, -0.2) is 12.9 Å². The predicted molar refractivity (Wildman–Crippen MR) is 74.3 cm³/mol. The van der Waals surface area contributed by atoms with Crippen LogP contribution in [-0.2, 0) is 0 Å². The molecule has 0 amide bonds. The van der Waals surface area contributed by atoms with Crippen molar-refractivity contribution in [3.8, 4) is 5.75 Å². The van der Waals surface area contributed by atoms with Crippen LogP contribution >= 0.6 is 11.6 Å². The Kier molecular flexibility index (Phi) is 6.22. The van der Waals surface area contributed by atoms with Gasteiger partial charge in [-0.1, -0.05) is 11.6 Å². The van der Waals surface area contributed by atoms with Crippen LogP contribution in [0.2, 0.25) is 5.02 Å². The summed E-state index contributed by atoms with van der Waals surface area (Å²) >= 11 is 5.86. The van der Waals surface area contributed by atoms with Crippen molar-refractivity contribution in [1.82, 2.24) is 0 Å². The highest BCUT2D eigenvalue weighted by molar-refractivity contribution is 6.30. The van der Waals surface area contributed by atoms with Crippen molar-refractivity contribution in [2.45, 2.75) is 0 Å². The number of carbonyl (C=O) groups excluding carboxylic acids is 1. The molecule has 0 saturated carbocycles. The Hall–Kier alpha value is -1.84. The summed E-state index contributed by atoms with van der Waals surface area (Å²) in [6, 6.07) is 10.6. The fraction of sp³-hybridized carbons (Fsp3) is 0.0667. The number of rotatable bonds is 4. The first-order valence-electron chi connectivity index (χ1n) is 5.72. The Morgan fingerprint density at radius 3 is 2.55 bits per heavy atom. The van der Waals surface area contributed by atoms with Gasteiger partial charge < -0.3 is 17.1 Å². The number of nitrogens with zero attached hydrogens (tertiary/aromatic N) is 1. The zero-order valence-corrected chi connectivity index (χ0v) is 12.3. The van der Waals surface area contributed by atoms with Gasteiger partial charge in [0.05, 0.1) is 13.2 Å². The molecule has 0 unspecified atom stereocenters. The highest BCUT2D eigenvalue weighted by Crippen LogP contribution is 2.12. The van der Waals surface area contributed by atoms with Crippen LogP contribution in [0.4, 0.5) is 0 Å². The Morgan fingerprint density at radius 1 is 1.25 bits per heavy atom. The van der Waals surface area contributed by atoms with Crippen molar-refractivity contribution in [2.24, 2.45) is 0 Å². The first kappa shape index (κ1) is 16.2. The summed E-state index contributed by atoms with van der Waals surface area (Å²) in [5, 5.41) is 0.615. The van der Waals surface area contributed by atoms with Gasteiger partial charge in [0.2, 0.25) is 0 Å². The standard InChI is InChI=1S/C15H13ClNO2.ClH/c1-19-14-6-4-12(5-7-14)15(18)8-10-17-9-2-3-13(16)11-17;/h2-11H,1H3;1H/q+1;/p-1. The van der Waals surface area contributed by atoms with Crippen molar-refractivity contribution in [2.75, 3.05) is 7.11 Å². The van der Waals surface area contributed by atoms with Gasteiger partial charge in [-0.3, -0.25) is 4.79 Å². The number of allylic oxidation sites excluding steroid dienone is 1. The molecule has 2 aromatic rings. The number of halogens is 2. The number of aromatic nitrogens is 1. The molecule has 0 saturated heterocycles. The van der Waals surface area contributed by atoms with Crippen LogP contribution in [0.1, 0.15) is 10.4 Å². The van der Waals surface area contributed by atoms with Gasteiger partial charge in [-0.25, -0.2) is 0 Å². The van der Waals surface area contributed by atoms with E-state index < -0.39 is 0 Å². The quantitative estimate of drug-likeness (QED) is 0.452. The first-order chi connectivity index (χ1) is 9.19. The minimum absolute atomic E-state index is 0. The van der Waals surface area contributed by atoms with E-state index in [9.17, 15) is 4.79 Å². The van der Waals surface area contributed by atoms with E-state index in [0.717, 1.165) is 5.75 Å². The second-order valence-electron chi connectivity index (χ2n) is 3.88. The molecule has 3 nitrogen and oxygen atoms in total. The molecule has 0 bridgehead atoms. The summed E-state index contributed by atoms with van der Waals surface area (Å²) in [6.07, 6.45) is 6.69. The third-order valence-corrected chi connectivity index (χ3v) is 2.78. The van der Waals surface area contributed by atoms with E-state index in [-0.39, 0.29) is 18.2 Å². The molecule has 0 aliphatic rings. The van der Waals surface area contributed by atoms with Crippen LogP contribution in [0.25, 0.3) is 6.20 Å². The first-order valence-corrected chi connectivity index (χ1v) is 6.10. The van der Waals surface area contributed by atoms with E-state index in [1.807, 2.05) is 12.3 Å². The van der Waals surface area contributed by atoms with E-state index >= 15 is 0 Å². The summed E-state index contributed by atoms with van der Waals surface area (Å²) < 4.78 is 6.77. The van der Waals surface area contributed by atoms with Crippen molar-refractivity contribution < 1.29 is 26.5 Å². The summed E-state index contributed by atoms with van der Waals surface area (Å²) in [6.45, 7) is 0. The number of hydrogen-bond acceptors (Lipinski definition) is 2. The van der Waals surface area contributed by atoms with Gasteiger partial charge in [-0.2, -0.15) is 4.57 Å². The third-order valence-electron chi connectivity index (χ3n) is 2.56. The molecule has 5 heteroatoms. The van der Waals surface area contributed by atoms with Crippen molar-refractivity contribution >= 4 is 23.6 Å². The monoisotopic (exact) mass is 309 g/mol. The smallest absolute Gasteiger partial charge is 0.193 e. The summed E-state index contributed by atoms with van der Waals surface area (Å²) in [5.74, 6) is 0.653. The highest BCUT2D eigenvalue weighted by atomic mass is 35.5. The normalized spacial score (nSPS) is 10.1. The van der Waals surface area contributed by atoms with Crippen LogP contribution < -0.4 is 21.7 Å². The van der Waals surface area contributed by atoms with Crippen LogP contribution in [0, 0.1) is 0 Å². The van der Waals surface area contributed by atoms with Gasteiger partial charge in [-0.05, 0) is 30.3 Å². The van der Waals surface area contributed by atoms with Gasteiger partial charge in [0.1, 0.15) is 10.8 Å². The van der Waals surface area contributed by atoms with Crippen molar-refractivity contribution in [3.05, 3.63) is 65.5 Å². The number of hydrogen-bond donors (Lipinski definition) is 0. The zero-order chi connectivity index (χ0) is 13.7.